The van der Waals surface area contributed by atoms with Crippen LogP contribution in [0, 0.1) is 10.1 Å². The van der Waals surface area contributed by atoms with Gasteiger partial charge in [0.05, 0.1) is 15.9 Å². The molecule has 0 radical (unpaired) electrons. The van der Waals surface area contributed by atoms with Gasteiger partial charge in [0.1, 0.15) is 5.70 Å². The van der Waals surface area contributed by atoms with Crippen LogP contribution in [0.15, 0.2) is 119 Å². The molecule has 1 atom stereocenters. The summed E-state index contributed by atoms with van der Waals surface area (Å²) in [6, 6.07) is 28.3. The number of amides is 3. The number of aromatic nitrogens is 1. The van der Waals surface area contributed by atoms with Crippen LogP contribution >= 0.6 is 34.7 Å². The normalized spacial score (nSPS) is 11.8. The summed E-state index contributed by atoms with van der Waals surface area (Å²) in [5, 5.41) is 22.0. The third-order valence-electron chi connectivity index (χ3n) is 6.85. The lowest BCUT2D eigenvalue weighted by Crippen LogP contribution is -2.30. The number of carbonyl (C=O) groups excluding carboxylic acids is 3. The summed E-state index contributed by atoms with van der Waals surface area (Å²) in [7, 11) is 0. The zero-order chi connectivity index (χ0) is 34.0. The zero-order valence-electron chi connectivity index (χ0n) is 25.4. The summed E-state index contributed by atoms with van der Waals surface area (Å²) in [5.74, 6) is -1.31. The molecule has 1 heterocycles. The van der Waals surface area contributed by atoms with Crippen LogP contribution < -0.4 is 16.0 Å². The highest BCUT2D eigenvalue weighted by molar-refractivity contribution is 8.00. The number of halogens is 1. The maximum atomic E-state index is 13.5. The molecule has 0 saturated heterocycles. The van der Waals surface area contributed by atoms with Crippen molar-refractivity contribution in [2.45, 2.75) is 23.5 Å². The van der Waals surface area contributed by atoms with Crippen molar-refractivity contribution in [3.8, 4) is 11.3 Å². The van der Waals surface area contributed by atoms with E-state index in [-0.39, 0.29) is 17.3 Å². The monoisotopic (exact) mass is 697 g/mol. The molecule has 13 heteroatoms. The van der Waals surface area contributed by atoms with Crippen LogP contribution in [-0.2, 0) is 9.59 Å². The highest BCUT2D eigenvalue weighted by Crippen LogP contribution is 2.30. The molecule has 48 heavy (non-hydrogen) atoms. The summed E-state index contributed by atoms with van der Waals surface area (Å²) >= 11 is 8.66. The minimum Gasteiger partial charge on any atom is -0.321 e. The molecule has 3 N–H and O–H groups in total. The van der Waals surface area contributed by atoms with Gasteiger partial charge in [-0.3, -0.25) is 24.5 Å². The van der Waals surface area contributed by atoms with E-state index in [1.807, 2.05) is 30.5 Å². The van der Waals surface area contributed by atoms with Crippen LogP contribution in [0.3, 0.4) is 0 Å². The zero-order valence-corrected chi connectivity index (χ0v) is 27.8. The van der Waals surface area contributed by atoms with E-state index in [1.165, 1.54) is 53.4 Å². The minimum atomic E-state index is -0.607. The smallest absolute Gasteiger partial charge is 0.272 e. The molecule has 4 aromatic carbocycles. The number of nitro groups is 1. The van der Waals surface area contributed by atoms with Crippen molar-refractivity contribution in [3.63, 3.8) is 0 Å². The van der Waals surface area contributed by atoms with Gasteiger partial charge in [-0.15, -0.1) is 23.1 Å². The Morgan fingerprint density at radius 1 is 0.958 bits per heavy atom. The summed E-state index contributed by atoms with van der Waals surface area (Å²) < 4.78 is 0. The predicted molar refractivity (Wildman–Crippen MR) is 191 cm³/mol. The van der Waals surface area contributed by atoms with Crippen LogP contribution in [0.1, 0.15) is 29.3 Å². The lowest BCUT2D eigenvalue weighted by Gasteiger charge is -2.15. The second-order valence-corrected chi connectivity index (χ2v) is 12.8. The standard InChI is InChI=1S/C35H28ClN5O5S2/c1-2-31(34(44)40-35-39-30(21-47-35)23-13-15-25(36)16-14-23)48-28-10-6-9-26(20-28)37-33(43)29(38-32(42)24-7-4-3-5-8-24)19-22-11-17-27(18-12-22)41(45)46/h3-21,31H,2H2,1H3,(H,37,43)(H,38,42)(H,39,40,44)/b29-19+. The minimum absolute atomic E-state index is 0.0667. The van der Waals surface area contributed by atoms with Crippen LogP contribution in [0.4, 0.5) is 16.5 Å². The quantitative estimate of drug-likeness (QED) is 0.0515. The number of hydrogen-bond donors (Lipinski definition) is 3. The first kappa shape index (κ1) is 34.0. The van der Waals surface area contributed by atoms with Gasteiger partial charge in [0.2, 0.25) is 5.91 Å². The van der Waals surface area contributed by atoms with E-state index < -0.39 is 22.0 Å². The van der Waals surface area contributed by atoms with Gasteiger partial charge in [0.25, 0.3) is 17.5 Å². The number of hydrogen-bond acceptors (Lipinski definition) is 8. The van der Waals surface area contributed by atoms with E-state index >= 15 is 0 Å². The number of thioether (sulfide) groups is 1. The van der Waals surface area contributed by atoms with Gasteiger partial charge in [0.15, 0.2) is 5.13 Å². The van der Waals surface area contributed by atoms with Gasteiger partial charge in [-0.25, -0.2) is 4.98 Å². The number of nitrogens with one attached hydrogen (secondary N) is 3. The first-order valence-electron chi connectivity index (χ1n) is 14.6. The summed E-state index contributed by atoms with van der Waals surface area (Å²) in [5.41, 5.74) is 2.72. The number of rotatable bonds is 12. The number of anilines is 2. The van der Waals surface area contributed by atoms with Gasteiger partial charge >= 0.3 is 0 Å². The number of thiazole rings is 1. The van der Waals surface area contributed by atoms with Gasteiger partial charge in [-0.2, -0.15) is 0 Å². The van der Waals surface area contributed by atoms with E-state index in [2.05, 4.69) is 20.9 Å². The van der Waals surface area contributed by atoms with E-state index in [0.29, 0.717) is 33.4 Å². The van der Waals surface area contributed by atoms with Gasteiger partial charge in [0, 0.05) is 44.2 Å². The van der Waals surface area contributed by atoms with Crippen LogP contribution in [-0.4, -0.2) is 32.9 Å². The van der Waals surface area contributed by atoms with Crippen molar-refractivity contribution < 1.29 is 19.3 Å². The Bertz CT molecular complexity index is 1970. The molecule has 0 spiro atoms. The Balaban J connectivity index is 1.28. The first-order valence-corrected chi connectivity index (χ1v) is 16.7. The van der Waals surface area contributed by atoms with Crippen molar-refractivity contribution in [3.05, 3.63) is 140 Å². The molecular formula is C35H28ClN5O5S2. The van der Waals surface area contributed by atoms with Crippen molar-refractivity contribution in [1.29, 1.82) is 0 Å². The average molecular weight is 698 g/mol. The number of carbonyl (C=O) groups is 3. The number of benzene rings is 4. The van der Waals surface area contributed by atoms with E-state index in [1.54, 1.807) is 60.7 Å². The maximum absolute atomic E-state index is 13.5. The van der Waals surface area contributed by atoms with E-state index in [9.17, 15) is 24.5 Å². The Morgan fingerprint density at radius 2 is 1.69 bits per heavy atom. The van der Waals surface area contributed by atoms with Crippen molar-refractivity contribution in [2.75, 3.05) is 10.6 Å². The van der Waals surface area contributed by atoms with Crippen LogP contribution in [0.5, 0.6) is 0 Å². The Morgan fingerprint density at radius 3 is 2.38 bits per heavy atom. The molecule has 1 unspecified atom stereocenters. The first-order chi connectivity index (χ1) is 23.2. The second kappa shape index (κ2) is 16.0. The lowest BCUT2D eigenvalue weighted by molar-refractivity contribution is -0.384. The highest BCUT2D eigenvalue weighted by atomic mass is 35.5. The largest absolute Gasteiger partial charge is 0.321 e. The summed E-state index contributed by atoms with van der Waals surface area (Å²) in [6.45, 7) is 1.91. The van der Waals surface area contributed by atoms with Gasteiger partial charge in [-0.05, 0) is 72.7 Å². The summed E-state index contributed by atoms with van der Waals surface area (Å²) in [4.78, 5) is 55.5. The molecule has 0 aliphatic rings. The van der Waals surface area contributed by atoms with Crippen molar-refractivity contribution >= 4 is 75.0 Å². The van der Waals surface area contributed by atoms with Crippen LogP contribution in [0.25, 0.3) is 17.3 Å². The molecule has 10 nitrogen and oxygen atoms in total. The fourth-order valence-electron chi connectivity index (χ4n) is 4.40. The Labute approximate surface area is 289 Å². The van der Waals surface area contributed by atoms with Crippen molar-refractivity contribution in [2.24, 2.45) is 0 Å². The van der Waals surface area contributed by atoms with Crippen LogP contribution in [0.2, 0.25) is 5.02 Å². The number of non-ortho nitro benzene ring substituents is 1. The maximum Gasteiger partial charge on any atom is 0.272 e. The van der Waals surface area contributed by atoms with Crippen molar-refractivity contribution in [1.82, 2.24) is 10.3 Å². The van der Waals surface area contributed by atoms with E-state index in [4.69, 9.17) is 11.6 Å². The Hall–Kier alpha value is -5.30. The average Bonchev–Trinajstić information content (AvgIpc) is 3.56. The fraction of sp³-hybridized carbons (Fsp3) is 0.0857. The predicted octanol–water partition coefficient (Wildman–Crippen LogP) is 8.29. The molecule has 0 aliphatic carbocycles. The second-order valence-electron chi connectivity index (χ2n) is 10.3. The molecule has 5 rings (SSSR count). The molecule has 242 valence electrons. The molecule has 0 aliphatic heterocycles. The summed E-state index contributed by atoms with van der Waals surface area (Å²) in [6.07, 6.45) is 1.98. The van der Waals surface area contributed by atoms with Gasteiger partial charge in [-0.1, -0.05) is 54.9 Å². The lowest BCUT2D eigenvalue weighted by atomic mass is 10.1. The van der Waals surface area contributed by atoms with Gasteiger partial charge < -0.3 is 16.0 Å². The SMILES string of the molecule is CCC(Sc1cccc(NC(=O)/C(=C\c2ccc([N+](=O)[O-])cc2)NC(=O)c2ccccc2)c1)C(=O)Nc1nc(-c2ccc(Cl)cc2)cs1. The molecule has 0 bridgehead atoms. The Kier molecular flexibility index (Phi) is 11.4. The number of nitro benzene ring substituents is 1. The third kappa shape index (κ3) is 9.16. The van der Waals surface area contributed by atoms with E-state index in [0.717, 1.165) is 16.2 Å². The number of nitrogens with zero attached hydrogens (tertiary/aromatic N) is 2. The fourth-order valence-corrected chi connectivity index (χ4v) is 6.27. The molecular weight excluding hydrogens is 670 g/mol. The topological polar surface area (TPSA) is 143 Å². The molecule has 0 saturated carbocycles. The highest BCUT2D eigenvalue weighted by Gasteiger charge is 2.21. The molecule has 5 aromatic rings. The third-order valence-corrected chi connectivity index (χ3v) is 9.22. The molecule has 0 fully saturated rings. The molecule has 3 amide bonds. The molecule has 1 aromatic heterocycles.